The molecule has 0 radical (unpaired) electrons. The van der Waals surface area contributed by atoms with Crippen molar-refractivity contribution in [1.29, 1.82) is 0 Å². The molecule has 4 saturated heterocycles. The summed E-state index contributed by atoms with van der Waals surface area (Å²) in [5, 5.41) is 1.18. The summed E-state index contributed by atoms with van der Waals surface area (Å²) >= 11 is 1.66. The van der Waals surface area contributed by atoms with Crippen molar-refractivity contribution in [2.24, 2.45) is 11.8 Å². The first-order chi connectivity index (χ1) is 15.7. The Morgan fingerprint density at radius 2 is 1.69 bits per heavy atom. The van der Waals surface area contributed by atoms with Gasteiger partial charge in [0.25, 0.3) is 0 Å². The molecule has 5 heteroatoms. The highest BCUT2D eigenvalue weighted by Crippen LogP contribution is 2.37. The minimum Gasteiger partial charge on any atom is -0.378 e. The van der Waals surface area contributed by atoms with E-state index >= 15 is 0 Å². The zero-order chi connectivity index (χ0) is 21.5. The Hall–Kier alpha value is -2.21. The van der Waals surface area contributed by atoms with Gasteiger partial charge in [-0.2, -0.15) is 0 Å². The fourth-order valence-corrected chi connectivity index (χ4v) is 6.74. The lowest BCUT2D eigenvalue weighted by Gasteiger charge is -2.44. The summed E-state index contributed by atoms with van der Waals surface area (Å²) in [7, 11) is 0. The highest BCUT2D eigenvalue weighted by Gasteiger charge is 2.35. The van der Waals surface area contributed by atoms with E-state index in [9.17, 15) is 4.79 Å². The standard InChI is InChI=1S/C27H30N2O2S/c30-25(15-23-18-28-9-7-20(23)8-10-28)27-17-22-2-1-21(16-26(22)32-27)19-3-5-24(6-4-19)29-11-13-31-14-12-29/h1-6,16-17,20,23H,7-15,18H2/t23-/m0/s1. The minimum atomic E-state index is 0.335. The van der Waals surface area contributed by atoms with Crippen LogP contribution < -0.4 is 4.90 Å². The van der Waals surface area contributed by atoms with Crippen LogP contribution in [-0.4, -0.2) is 56.6 Å². The van der Waals surface area contributed by atoms with Gasteiger partial charge in [0.2, 0.25) is 0 Å². The molecule has 7 rings (SSSR count). The first kappa shape index (κ1) is 20.4. The average Bonchev–Trinajstić information content (AvgIpc) is 3.29. The predicted octanol–water partition coefficient (Wildman–Crippen LogP) is 5.32. The molecule has 4 nitrogen and oxygen atoms in total. The van der Waals surface area contributed by atoms with Crippen LogP contribution in [0.2, 0.25) is 0 Å². The van der Waals surface area contributed by atoms with Gasteiger partial charge in [-0.05, 0) is 78.5 Å². The van der Waals surface area contributed by atoms with Crippen LogP contribution in [0.3, 0.4) is 0 Å². The van der Waals surface area contributed by atoms with E-state index < -0.39 is 0 Å². The lowest BCUT2D eigenvalue weighted by Crippen LogP contribution is -2.47. The lowest BCUT2D eigenvalue weighted by atomic mass is 9.76. The van der Waals surface area contributed by atoms with Crippen LogP contribution in [0.1, 0.15) is 28.9 Å². The number of piperidine rings is 3. The lowest BCUT2D eigenvalue weighted by molar-refractivity contribution is 0.0442. The number of carbonyl (C=O) groups is 1. The molecule has 5 heterocycles. The Morgan fingerprint density at radius 3 is 2.41 bits per heavy atom. The summed E-state index contributed by atoms with van der Waals surface area (Å²) in [4.78, 5) is 18.9. The summed E-state index contributed by atoms with van der Waals surface area (Å²) in [5.41, 5.74) is 3.69. The van der Waals surface area contributed by atoms with Crippen LogP contribution in [0.5, 0.6) is 0 Å². The highest BCUT2D eigenvalue weighted by molar-refractivity contribution is 7.20. The van der Waals surface area contributed by atoms with Gasteiger partial charge in [0, 0.05) is 36.4 Å². The highest BCUT2D eigenvalue weighted by atomic mass is 32.1. The molecule has 1 aromatic heterocycles. The van der Waals surface area contributed by atoms with E-state index in [1.807, 2.05) is 0 Å². The number of ketones is 1. The average molecular weight is 447 g/mol. The number of anilines is 1. The van der Waals surface area contributed by atoms with Gasteiger partial charge in [0.1, 0.15) is 0 Å². The van der Waals surface area contributed by atoms with Crippen molar-refractivity contribution in [2.45, 2.75) is 19.3 Å². The Balaban J connectivity index is 1.18. The van der Waals surface area contributed by atoms with Crippen molar-refractivity contribution in [3.63, 3.8) is 0 Å². The molecule has 0 unspecified atom stereocenters. The maximum atomic E-state index is 13.1. The van der Waals surface area contributed by atoms with E-state index in [-0.39, 0.29) is 0 Å². The fourth-order valence-electron chi connectivity index (χ4n) is 5.69. The van der Waals surface area contributed by atoms with Gasteiger partial charge in [0.15, 0.2) is 5.78 Å². The molecule has 3 aromatic rings. The fraction of sp³-hybridized carbons (Fsp3) is 0.444. The monoisotopic (exact) mass is 446 g/mol. The second-order valence-corrected chi connectivity index (χ2v) is 10.6. The molecule has 2 aromatic carbocycles. The van der Waals surface area contributed by atoms with Crippen molar-refractivity contribution >= 4 is 32.9 Å². The van der Waals surface area contributed by atoms with Crippen LogP contribution in [0, 0.1) is 11.8 Å². The van der Waals surface area contributed by atoms with Crippen molar-refractivity contribution in [2.75, 3.05) is 50.8 Å². The number of hydrogen-bond donors (Lipinski definition) is 0. The number of Topliss-reactive ketones (excluding diaryl/α,β-unsaturated/α-hetero) is 1. The Bertz CT molecular complexity index is 1110. The van der Waals surface area contributed by atoms with Gasteiger partial charge in [-0.1, -0.05) is 24.3 Å². The second-order valence-electron chi connectivity index (χ2n) is 9.53. The number of benzene rings is 2. The third-order valence-corrected chi connectivity index (χ3v) is 8.75. The molecule has 0 saturated carbocycles. The van der Waals surface area contributed by atoms with Gasteiger partial charge >= 0.3 is 0 Å². The normalized spacial score (nSPS) is 25.4. The topological polar surface area (TPSA) is 32.8 Å². The SMILES string of the molecule is O=C(C[C@H]1CN2CCC1CC2)c1cc2ccc(-c3ccc(N4CCOCC4)cc3)cc2s1. The maximum Gasteiger partial charge on any atom is 0.173 e. The first-order valence-electron chi connectivity index (χ1n) is 12.0. The summed E-state index contributed by atoms with van der Waals surface area (Å²) in [6.07, 6.45) is 3.26. The quantitative estimate of drug-likeness (QED) is 0.497. The number of carbonyl (C=O) groups excluding carboxylic acids is 1. The predicted molar refractivity (Wildman–Crippen MR) is 132 cm³/mol. The van der Waals surface area contributed by atoms with Gasteiger partial charge in [-0.25, -0.2) is 0 Å². The van der Waals surface area contributed by atoms with E-state index in [1.54, 1.807) is 11.3 Å². The minimum absolute atomic E-state index is 0.335. The summed E-state index contributed by atoms with van der Waals surface area (Å²) in [6, 6.07) is 17.5. The summed E-state index contributed by atoms with van der Waals surface area (Å²) in [5.74, 6) is 1.64. The van der Waals surface area contributed by atoms with Crippen LogP contribution in [0.15, 0.2) is 48.5 Å². The zero-order valence-corrected chi connectivity index (χ0v) is 19.3. The van der Waals surface area contributed by atoms with E-state index in [0.717, 1.165) is 43.6 Å². The molecule has 0 N–H and O–H groups in total. The molecule has 4 aliphatic heterocycles. The molecule has 0 aliphatic carbocycles. The molecule has 4 aliphatic rings. The molecule has 2 bridgehead atoms. The van der Waals surface area contributed by atoms with Crippen LogP contribution in [0.4, 0.5) is 5.69 Å². The number of nitrogens with zero attached hydrogens (tertiary/aromatic N) is 2. The summed E-state index contributed by atoms with van der Waals surface area (Å²) in [6.45, 7) is 7.09. The zero-order valence-electron chi connectivity index (χ0n) is 18.5. The third-order valence-electron chi connectivity index (χ3n) is 7.61. The largest absolute Gasteiger partial charge is 0.378 e. The number of morpholine rings is 1. The molecule has 0 spiro atoms. The Morgan fingerprint density at radius 1 is 0.938 bits per heavy atom. The molecular formula is C27H30N2O2S. The second kappa shape index (κ2) is 8.62. The first-order valence-corrected chi connectivity index (χ1v) is 12.8. The van der Waals surface area contributed by atoms with Crippen molar-refractivity contribution in [3.05, 3.63) is 53.4 Å². The number of ether oxygens (including phenoxy) is 1. The van der Waals surface area contributed by atoms with Gasteiger partial charge in [-0.3, -0.25) is 4.79 Å². The van der Waals surface area contributed by atoms with E-state index in [4.69, 9.17) is 4.74 Å². The van der Waals surface area contributed by atoms with Gasteiger partial charge in [-0.15, -0.1) is 11.3 Å². The molecular weight excluding hydrogens is 416 g/mol. The molecule has 166 valence electrons. The summed E-state index contributed by atoms with van der Waals surface area (Å²) < 4.78 is 6.67. The molecule has 0 amide bonds. The van der Waals surface area contributed by atoms with Crippen LogP contribution >= 0.6 is 11.3 Å². The Kier molecular flexibility index (Phi) is 5.49. The van der Waals surface area contributed by atoms with Crippen LogP contribution in [0.25, 0.3) is 21.2 Å². The number of hydrogen-bond acceptors (Lipinski definition) is 5. The third kappa shape index (κ3) is 3.98. The maximum absolute atomic E-state index is 13.1. The van der Waals surface area contributed by atoms with Crippen molar-refractivity contribution in [3.8, 4) is 11.1 Å². The van der Waals surface area contributed by atoms with E-state index in [0.29, 0.717) is 18.1 Å². The van der Waals surface area contributed by atoms with E-state index in [2.05, 4.69) is 58.3 Å². The number of fused-ring (bicyclic) bond motifs is 4. The molecule has 32 heavy (non-hydrogen) atoms. The van der Waals surface area contributed by atoms with E-state index in [1.165, 1.54) is 52.8 Å². The van der Waals surface area contributed by atoms with Gasteiger partial charge < -0.3 is 14.5 Å². The van der Waals surface area contributed by atoms with Gasteiger partial charge in [0.05, 0.1) is 18.1 Å². The molecule has 4 fully saturated rings. The number of rotatable bonds is 5. The smallest absolute Gasteiger partial charge is 0.173 e. The Labute approximate surface area is 193 Å². The number of thiophene rings is 1. The van der Waals surface area contributed by atoms with Crippen molar-refractivity contribution < 1.29 is 9.53 Å². The molecule has 1 atom stereocenters. The van der Waals surface area contributed by atoms with Crippen molar-refractivity contribution in [1.82, 2.24) is 4.90 Å². The van der Waals surface area contributed by atoms with Crippen LogP contribution in [-0.2, 0) is 4.74 Å².